The summed E-state index contributed by atoms with van der Waals surface area (Å²) in [7, 11) is -0.989. The first kappa shape index (κ1) is 18.9. The molecular weight excluding hydrogens is 382 g/mol. The highest BCUT2D eigenvalue weighted by Gasteiger charge is 2.44. The van der Waals surface area contributed by atoms with Crippen molar-refractivity contribution >= 4 is 21.2 Å². The first-order valence-corrected chi connectivity index (χ1v) is 12.4. The highest BCUT2D eigenvalue weighted by molar-refractivity contribution is 7.90. The molecule has 0 unspecified atom stereocenters. The Labute approximate surface area is 173 Å². The normalized spacial score (nSPS) is 23.8. The number of benzene rings is 2. The molecule has 5 rings (SSSR count). The third kappa shape index (κ3) is 3.22. The van der Waals surface area contributed by atoms with Crippen molar-refractivity contribution < 1.29 is 8.42 Å². The van der Waals surface area contributed by atoms with Crippen LogP contribution in [0.2, 0.25) is 0 Å². The van der Waals surface area contributed by atoms with Crippen LogP contribution in [0.1, 0.15) is 23.5 Å². The van der Waals surface area contributed by atoms with Crippen LogP contribution >= 0.6 is 0 Å². The molecule has 1 fully saturated rings. The Morgan fingerprint density at radius 2 is 1.86 bits per heavy atom. The maximum atomic E-state index is 12.1. The maximum absolute atomic E-state index is 12.1. The second-order valence-corrected chi connectivity index (χ2v) is 10.7. The van der Waals surface area contributed by atoms with Gasteiger partial charge in [-0.1, -0.05) is 30.3 Å². The molecule has 0 aliphatic carbocycles. The van der Waals surface area contributed by atoms with Gasteiger partial charge in [0.15, 0.2) is 9.84 Å². The van der Waals surface area contributed by atoms with Crippen molar-refractivity contribution in [2.45, 2.75) is 29.7 Å². The van der Waals surface area contributed by atoms with Crippen LogP contribution in [0.15, 0.2) is 47.4 Å². The summed E-state index contributed by atoms with van der Waals surface area (Å²) in [4.78, 5) is 8.05. The molecule has 0 N–H and O–H groups in total. The van der Waals surface area contributed by atoms with E-state index in [-0.39, 0.29) is 0 Å². The largest absolute Gasteiger partial charge is 0.371 e. The van der Waals surface area contributed by atoms with Gasteiger partial charge in [0.25, 0.3) is 0 Å². The van der Waals surface area contributed by atoms with E-state index < -0.39 is 9.84 Å². The van der Waals surface area contributed by atoms with E-state index in [1.54, 1.807) is 6.07 Å². The summed E-state index contributed by atoms with van der Waals surface area (Å²) < 4.78 is 24.2. The number of para-hydroxylation sites is 1. The van der Waals surface area contributed by atoms with Crippen LogP contribution in [-0.4, -0.2) is 65.4 Å². The van der Waals surface area contributed by atoms with Crippen molar-refractivity contribution in [1.29, 1.82) is 0 Å². The van der Waals surface area contributed by atoms with Gasteiger partial charge in [0.05, 0.1) is 16.3 Å². The topological polar surface area (TPSA) is 43.9 Å². The average molecular weight is 412 g/mol. The Morgan fingerprint density at radius 3 is 2.69 bits per heavy atom. The summed E-state index contributed by atoms with van der Waals surface area (Å²) >= 11 is 0. The number of hydrogen-bond donors (Lipinski definition) is 0. The predicted octanol–water partition coefficient (Wildman–Crippen LogP) is 2.76. The smallest absolute Gasteiger partial charge is 0.175 e. The quantitative estimate of drug-likeness (QED) is 0.774. The van der Waals surface area contributed by atoms with Crippen molar-refractivity contribution in [3.63, 3.8) is 0 Å². The summed E-state index contributed by atoms with van der Waals surface area (Å²) in [6.45, 7) is 5.25. The van der Waals surface area contributed by atoms with E-state index in [1.807, 2.05) is 18.2 Å². The molecule has 3 aliphatic rings. The first-order valence-electron chi connectivity index (χ1n) is 10.5. The Kier molecular flexibility index (Phi) is 4.59. The van der Waals surface area contributed by atoms with Gasteiger partial charge in [-0.15, -0.1) is 0 Å². The Bertz CT molecular complexity index is 1040. The molecule has 3 heterocycles. The number of fused-ring (bicyclic) bond motifs is 3. The third-order valence-electron chi connectivity index (χ3n) is 6.95. The molecule has 154 valence electrons. The SMILES string of the molecule is CN1CCN2c3c(cccc31)[C@@H]1CN(CCc3ccccc3S(C)(=O)=O)CC[C@@H]12. The lowest BCUT2D eigenvalue weighted by Gasteiger charge is -2.41. The summed E-state index contributed by atoms with van der Waals surface area (Å²) in [6.07, 6.45) is 3.26. The second-order valence-electron chi connectivity index (χ2n) is 8.72. The fourth-order valence-corrected chi connectivity index (χ4v) is 6.50. The third-order valence-corrected chi connectivity index (χ3v) is 8.15. The summed E-state index contributed by atoms with van der Waals surface area (Å²) in [5, 5.41) is 0. The van der Waals surface area contributed by atoms with Gasteiger partial charge in [0, 0.05) is 58.0 Å². The van der Waals surface area contributed by atoms with Crippen molar-refractivity contribution in [3.8, 4) is 0 Å². The van der Waals surface area contributed by atoms with E-state index >= 15 is 0 Å². The highest BCUT2D eigenvalue weighted by Crippen LogP contribution is 2.50. The Morgan fingerprint density at radius 1 is 1.03 bits per heavy atom. The molecule has 0 saturated carbocycles. The number of likely N-dealkylation sites (tertiary alicyclic amines) is 1. The predicted molar refractivity (Wildman–Crippen MR) is 118 cm³/mol. The summed E-state index contributed by atoms with van der Waals surface area (Å²) in [5.41, 5.74) is 5.27. The zero-order chi connectivity index (χ0) is 20.2. The summed E-state index contributed by atoms with van der Waals surface area (Å²) in [6, 6.07) is 14.8. The number of rotatable bonds is 4. The fraction of sp³-hybridized carbons (Fsp3) is 0.478. The average Bonchev–Trinajstić information content (AvgIpc) is 3.03. The molecule has 29 heavy (non-hydrogen) atoms. The molecule has 0 radical (unpaired) electrons. The molecule has 2 aromatic carbocycles. The molecule has 1 saturated heterocycles. The number of nitrogens with zero attached hydrogens (tertiary/aromatic N) is 3. The van der Waals surface area contributed by atoms with E-state index in [2.05, 4.69) is 39.9 Å². The lowest BCUT2D eigenvalue weighted by molar-refractivity contribution is 0.195. The zero-order valence-electron chi connectivity index (χ0n) is 17.2. The number of piperidine rings is 1. The maximum Gasteiger partial charge on any atom is 0.175 e. The van der Waals surface area contributed by atoms with Gasteiger partial charge in [0.1, 0.15) is 0 Å². The molecular formula is C23H29N3O2S. The lowest BCUT2D eigenvalue weighted by Crippen LogP contribution is -2.49. The van der Waals surface area contributed by atoms with Crippen LogP contribution in [0.5, 0.6) is 0 Å². The molecule has 0 bridgehead atoms. The van der Waals surface area contributed by atoms with Crippen LogP contribution in [0.25, 0.3) is 0 Å². The minimum Gasteiger partial charge on any atom is -0.371 e. The molecule has 0 amide bonds. The van der Waals surface area contributed by atoms with Gasteiger partial charge < -0.3 is 14.7 Å². The number of hydrogen-bond acceptors (Lipinski definition) is 5. The minimum atomic E-state index is -3.18. The number of sulfone groups is 1. The monoisotopic (exact) mass is 411 g/mol. The second kappa shape index (κ2) is 7.03. The standard InChI is InChI=1S/C23H29N3O2S/c1-24-14-15-26-20-11-13-25(16-19(20)18-7-5-8-21(24)23(18)26)12-10-17-6-3-4-9-22(17)29(2,27)28/h3-9,19-20H,10-16H2,1-2H3/t19-,20-/m0/s1. The molecule has 6 heteroatoms. The zero-order valence-corrected chi connectivity index (χ0v) is 18.0. The van der Waals surface area contributed by atoms with Crippen molar-refractivity contribution in [1.82, 2.24) is 4.90 Å². The van der Waals surface area contributed by atoms with Gasteiger partial charge in [-0.25, -0.2) is 8.42 Å². The molecule has 3 aliphatic heterocycles. The van der Waals surface area contributed by atoms with E-state index in [4.69, 9.17) is 0 Å². The Hall–Kier alpha value is -2.05. The fourth-order valence-electron chi connectivity index (χ4n) is 5.53. The molecule has 0 spiro atoms. The van der Waals surface area contributed by atoms with Crippen LogP contribution < -0.4 is 9.80 Å². The highest BCUT2D eigenvalue weighted by atomic mass is 32.2. The molecule has 0 aromatic heterocycles. The van der Waals surface area contributed by atoms with E-state index in [0.29, 0.717) is 16.9 Å². The van der Waals surface area contributed by atoms with Gasteiger partial charge in [-0.2, -0.15) is 0 Å². The van der Waals surface area contributed by atoms with Crippen molar-refractivity contribution in [2.24, 2.45) is 0 Å². The van der Waals surface area contributed by atoms with E-state index in [0.717, 1.165) is 44.7 Å². The van der Waals surface area contributed by atoms with Gasteiger partial charge in [-0.3, -0.25) is 0 Å². The van der Waals surface area contributed by atoms with Crippen LogP contribution in [-0.2, 0) is 16.3 Å². The molecule has 2 atom stereocenters. The van der Waals surface area contributed by atoms with Gasteiger partial charge in [0.2, 0.25) is 0 Å². The Balaban J connectivity index is 1.35. The van der Waals surface area contributed by atoms with E-state index in [1.165, 1.54) is 29.6 Å². The van der Waals surface area contributed by atoms with Crippen LogP contribution in [0.4, 0.5) is 11.4 Å². The van der Waals surface area contributed by atoms with Crippen LogP contribution in [0.3, 0.4) is 0 Å². The molecule has 2 aromatic rings. The first-order chi connectivity index (χ1) is 13.9. The lowest BCUT2D eigenvalue weighted by atomic mass is 9.89. The van der Waals surface area contributed by atoms with E-state index in [9.17, 15) is 8.42 Å². The molecule has 5 nitrogen and oxygen atoms in total. The summed E-state index contributed by atoms with van der Waals surface area (Å²) in [5.74, 6) is 0.551. The minimum absolute atomic E-state index is 0.478. The van der Waals surface area contributed by atoms with Crippen molar-refractivity contribution in [3.05, 3.63) is 53.6 Å². The van der Waals surface area contributed by atoms with Gasteiger partial charge >= 0.3 is 0 Å². The number of likely N-dealkylation sites (N-methyl/N-ethyl adjacent to an activating group) is 1. The number of anilines is 2. The van der Waals surface area contributed by atoms with Gasteiger partial charge in [-0.05, 0) is 36.1 Å². The van der Waals surface area contributed by atoms with Crippen LogP contribution in [0, 0.1) is 0 Å². The van der Waals surface area contributed by atoms with Crippen molar-refractivity contribution in [2.75, 3.05) is 55.8 Å².